The number of benzene rings is 2. The van der Waals surface area contributed by atoms with Gasteiger partial charge < -0.3 is 10.3 Å². The van der Waals surface area contributed by atoms with Gasteiger partial charge in [-0.1, -0.05) is 36.0 Å². The number of carbonyl (C=O) groups is 1. The summed E-state index contributed by atoms with van der Waals surface area (Å²) in [6.07, 6.45) is 1.83. The number of nitrogens with one attached hydrogen (secondary N) is 2. The number of hydrogen-bond donors (Lipinski definition) is 2. The van der Waals surface area contributed by atoms with E-state index in [0.29, 0.717) is 21.9 Å². The summed E-state index contributed by atoms with van der Waals surface area (Å²) in [5.41, 5.74) is 4.37. The van der Waals surface area contributed by atoms with Crippen LogP contribution in [0.15, 0.2) is 64.5 Å². The van der Waals surface area contributed by atoms with Crippen molar-refractivity contribution in [2.75, 3.05) is 5.75 Å². The number of carbonyl (C=O) groups excluding carboxylic acids is 1. The number of fused-ring (bicyclic) bond motifs is 2. The lowest BCUT2D eigenvalue weighted by molar-refractivity contribution is -0.119. The van der Waals surface area contributed by atoms with E-state index in [9.17, 15) is 14.0 Å². The maximum Gasteiger partial charge on any atom is 0.283 e. The maximum absolute atomic E-state index is 13.4. The highest BCUT2D eigenvalue weighted by Gasteiger charge is 2.24. The molecule has 0 unspecified atom stereocenters. The molecule has 2 aromatic heterocycles. The van der Waals surface area contributed by atoms with Gasteiger partial charge in [0.15, 0.2) is 5.16 Å². The normalized spacial score (nSPS) is 15.1. The highest BCUT2D eigenvalue weighted by molar-refractivity contribution is 7.99. The Morgan fingerprint density at radius 3 is 2.84 bits per heavy atom. The molecule has 162 valence electrons. The van der Waals surface area contributed by atoms with Gasteiger partial charge in [-0.05, 0) is 61.2 Å². The van der Waals surface area contributed by atoms with Crippen molar-refractivity contribution < 1.29 is 9.18 Å². The number of aryl methyl sites for hydroxylation is 2. The zero-order valence-electron chi connectivity index (χ0n) is 17.4. The molecular weight excluding hydrogens is 427 g/mol. The highest BCUT2D eigenvalue weighted by Crippen LogP contribution is 2.31. The Bertz CT molecular complexity index is 1380. The van der Waals surface area contributed by atoms with E-state index in [1.165, 1.54) is 46.2 Å². The maximum atomic E-state index is 13.4. The van der Waals surface area contributed by atoms with Gasteiger partial charge in [-0.25, -0.2) is 9.37 Å². The van der Waals surface area contributed by atoms with E-state index in [-0.39, 0.29) is 23.3 Å². The summed E-state index contributed by atoms with van der Waals surface area (Å²) in [5, 5.41) is 3.48. The average molecular weight is 449 g/mol. The number of nitrogens with zero attached hydrogens (tertiary/aromatic N) is 2. The van der Waals surface area contributed by atoms with Gasteiger partial charge in [-0.3, -0.25) is 14.2 Å². The third-order valence-corrected chi connectivity index (χ3v) is 6.58. The minimum Gasteiger partial charge on any atom is -0.353 e. The second kappa shape index (κ2) is 8.27. The molecule has 0 saturated carbocycles. The molecule has 6 nitrogen and oxygen atoms in total. The molecule has 8 heteroatoms. The van der Waals surface area contributed by atoms with Gasteiger partial charge in [0.1, 0.15) is 11.3 Å². The van der Waals surface area contributed by atoms with Crippen molar-refractivity contribution >= 4 is 28.7 Å². The monoisotopic (exact) mass is 448 g/mol. The molecule has 1 atom stereocenters. The third-order valence-electron chi connectivity index (χ3n) is 5.64. The predicted octanol–water partition coefficient (Wildman–Crippen LogP) is 4.06. The molecule has 0 fully saturated rings. The Morgan fingerprint density at radius 2 is 2.03 bits per heavy atom. The van der Waals surface area contributed by atoms with Gasteiger partial charge in [0.05, 0.1) is 23.0 Å². The molecule has 0 aliphatic heterocycles. The topological polar surface area (TPSA) is 79.8 Å². The lowest BCUT2D eigenvalue weighted by Crippen LogP contribution is -2.29. The molecule has 0 bridgehead atoms. The summed E-state index contributed by atoms with van der Waals surface area (Å²) in [5.74, 6) is -0.403. The van der Waals surface area contributed by atoms with Crippen molar-refractivity contribution in [3.63, 3.8) is 0 Å². The number of rotatable bonds is 5. The van der Waals surface area contributed by atoms with Crippen LogP contribution in [0.1, 0.15) is 29.3 Å². The first-order chi connectivity index (χ1) is 15.5. The molecule has 2 heterocycles. The molecule has 5 rings (SSSR count). The molecule has 2 aromatic carbocycles. The fourth-order valence-corrected chi connectivity index (χ4v) is 4.99. The molecule has 0 saturated heterocycles. The molecule has 2 N–H and O–H groups in total. The predicted molar refractivity (Wildman–Crippen MR) is 123 cm³/mol. The van der Waals surface area contributed by atoms with Crippen molar-refractivity contribution in [3.8, 4) is 5.69 Å². The number of aromatic nitrogens is 3. The van der Waals surface area contributed by atoms with Crippen molar-refractivity contribution in [1.29, 1.82) is 0 Å². The number of halogens is 1. The summed E-state index contributed by atoms with van der Waals surface area (Å²) in [4.78, 5) is 33.6. The minimum absolute atomic E-state index is 0.00125. The molecule has 1 aliphatic rings. The number of hydrogen-bond acceptors (Lipinski definition) is 4. The Labute approximate surface area is 187 Å². The van der Waals surface area contributed by atoms with Crippen molar-refractivity contribution in [1.82, 2.24) is 19.9 Å². The van der Waals surface area contributed by atoms with Gasteiger partial charge in [0.2, 0.25) is 5.91 Å². The lowest BCUT2D eigenvalue weighted by Gasteiger charge is -2.15. The number of thioether (sulfide) groups is 1. The number of H-pyrrole nitrogens is 1. The quantitative estimate of drug-likeness (QED) is 0.357. The van der Waals surface area contributed by atoms with Crippen LogP contribution in [0.4, 0.5) is 4.39 Å². The number of aromatic amines is 1. The zero-order valence-corrected chi connectivity index (χ0v) is 18.2. The fourth-order valence-electron chi connectivity index (χ4n) is 4.17. The molecule has 1 amide bonds. The van der Waals surface area contributed by atoms with Crippen LogP contribution in [-0.4, -0.2) is 26.2 Å². The van der Waals surface area contributed by atoms with Gasteiger partial charge >= 0.3 is 0 Å². The van der Waals surface area contributed by atoms with Gasteiger partial charge in [0, 0.05) is 5.69 Å². The first-order valence-electron chi connectivity index (χ1n) is 10.4. The van der Waals surface area contributed by atoms with Gasteiger partial charge in [-0.2, -0.15) is 0 Å². The Balaban J connectivity index is 1.42. The fraction of sp³-hybridized carbons (Fsp3) is 0.208. The molecule has 0 spiro atoms. The van der Waals surface area contributed by atoms with Crippen LogP contribution in [0.5, 0.6) is 0 Å². The van der Waals surface area contributed by atoms with E-state index >= 15 is 0 Å². The lowest BCUT2D eigenvalue weighted by atomic mass is 10.1. The van der Waals surface area contributed by atoms with E-state index in [4.69, 9.17) is 0 Å². The van der Waals surface area contributed by atoms with E-state index in [1.807, 2.05) is 19.1 Å². The molecule has 0 radical (unpaired) electrons. The van der Waals surface area contributed by atoms with Crippen LogP contribution in [-0.2, 0) is 11.2 Å². The van der Waals surface area contributed by atoms with E-state index in [2.05, 4.69) is 27.4 Å². The summed E-state index contributed by atoms with van der Waals surface area (Å²) in [6.45, 7) is 1.85. The average Bonchev–Trinajstić information content (AvgIpc) is 3.36. The smallest absolute Gasteiger partial charge is 0.283 e. The van der Waals surface area contributed by atoms with Crippen molar-refractivity contribution in [3.05, 3.63) is 87.6 Å². The van der Waals surface area contributed by atoms with Crippen LogP contribution < -0.4 is 10.9 Å². The Morgan fingerprint density at radius 1 is 1.25 bits per heavy atom. The summed E-state index contributed by atoms with van der Waals surface area (Å²) >= 11 is 1.19. The summed E-state index contributed by atoms with van der Waals surface area (Å²) in [7, 11) is 0. The molecular formula is C24H21FN4O2S. The highest BCUT2D eigenvalue weighted by atomic mass is 32.2. The van der Waals surface area contributed by atoms with E-state index in [0.717, 1.165) is 24.1 Å². The number of amides is 1. The second-order valence-corrected chi connectivity index (χ2v) is 8.81. The molecule has 1 aliphatic carbocycles. The third kappa shape index (κ3) is 3.82. The van der Waals surface area contributed by atoms with Crippen LogP contribution >= 0.6 is 11.8 Å². The minimum atomic E-state index is -0.392. The van der Waals surface area contributed by atoms with E-state index < -0.39 is 5.82 Å². The van der Waals surface area contributed by atoms with Crippen molar-refractivity contribution in [2.24, 2.45) is 0 Å². The van der Waals surface area contributed by atoms with Gasteiger partial charge in [0.25, 0.3) is 5.56 Å². The first kappa shape index (κ1) is 20.5. The Hall–Kier alpha value is -3.39. The largest absolute Gasteiger partial charge is 0.353 e. The van der Waals surface area contributed by atoms with E-state index in [1.54, 1.807) is 6.07 Å². The van der Waals surface area contributed by atoms with Crippen LogP contribution in [0, 0.1) is 12.7 Å². The summed E-state index contributed by atoms with van der Waals surface area (Å²) < 4.78 is 14.9. The van der Waals surface area contributed by atoms with Gasteiger partial charge in [-0.15, -0.1) is 0 Å². The SMILES string of the molecule is Cc1cc2nc(SCC(=O)N[C@@H]3CCc4ccccc43)n(-c3ccc(F)cc3)c(=O)c2[nH]1. The second-order valence-electron chi connectivity index (χ2n) is 7.87. The molecule has 4 aromatic rings. The Kier molecular flexibility index (Phi) is 5.30. The molecule has 32 heavy (non-hydrogen) atoms. The summed E-state index contributed by atoms with van der Waals surface area (Å²) in [6, 6.07) is 15.6. The standard InChI is InChI=1S/C24H21FN4O2S/c1-14-12-20-22(26-14)23(31)29(17-9-7-16(25)8-10-17)24(28-20)32-13-21(30)27-19-11-6-15-4-2-3-5-18(15)19/h2-5,7-10,12,19,26H,6,11,13H2,1H3,(H,27,30)/t19-/m1/s1. The first-order valence-corrected chi connectivity index (χ1v) is 11.4. The zero-order chi connectivity index (χ0) is 22.2. The van der Waals surface area contributed by atoms with Crippen LogP contribution in [0.2, 0.25) is 0 Å². The van der Waals surface area contributed by atoms with Crippen LogP contribution in [0.3, 0.4) is 0 Å². The van der Waals surface area contributed by atoms with Crippen molar-refractivity contribution in [2.45, 2.75) is 31.0 Å². The van der Waals surface area contributed by atoms with Crippen LogP contribution in [0.25, 0.3) is 16.7 Å².